The monoisotopic (exact) mass is 278 g/mol. The van der Waals surface area contributed by atoms with E-state index in [0.717, 1.165) is 18.0 Å². The van der Waals surface area contributed by atoms with Gasteiger partial charge in [-0.25, -0.2) is 0 Å². The van der Waals surface area contributed by atoms with Crippen molar-refractivity contribution in [2.75, 3.05) is 13.6 Å². The summed E-state index contributed by atoms with van der Waals surface area (Å²) in [6.07, 6.45) is 6.82. The molecule has 106 valence electrons. The Kier molecular flexibility index (Phi) is 4.25. The molecule has 3 unspecified atom stereocenters. The summed E-state index contributed by atoms with van der Waals surface area (Å²) in [6.45, 7) is 3.62. The molecule has 0 amide bonds. The van der Waals surface area contributed by atoms with Gasteiger partial charge in [-0.05, 0) is 70.0 Å². The van der Waals surface area contributed by atoms with Gasteiger partial charge in [-0.3, -0.25) is 0 Å². The predicted molar refractivity (Wildman–Crippen MR) is 82.8 cm³/mol. The summed E-state index contributed by atoms with van der Waals surface area (Å²) in [7, 11) is 2.33. The standard InChI is InChI=1S/C16H26N2S/c1-12(10-15-4-3-9-19-15)18(2)16-8-5-13(16)11-17-14-6-7-14/h3-4,9,12-14,16-17H,5-8,10-11H2,1-2H3. The van der Waals surface area contributed by atoms with Gasteiger partial charge >= 0.3 is 0 Å². The Morgan fingerprint density at radius 3 is 2.79 bits per heavy atom. The molecule has 19 heavy (non-hydrogen) atoms. The third-order valence-corrected chi connectivity index (χ3v) is 5.82. The Morgan fingerprint density at radius 2 is 2.21 bits per heavy atom. The SMILES string of the molecule is CC(Cc1cccs1)N(C)C1CCC1CNC1CC1. The number of rotatable bonds is 7. The fourth-order valence-corrected chi connectivity index (χ4v) is 3.95. The molecule has 2 fully saturated rings. The summed E-state index contributed by atoms with van der Waals surface area (Å²) in [5.41, 5.74) is 0. The van der Waals surface area contributed by atoms with Crippen molar-refractivity contribution in [3.05, 3.63) is 22.4 Å². The summed E-state index contributed by atoms with van der Waals surface area (Å²) in [4.78, 5) is 4.15. The molecule has 0 aliphatic heterocycles. The first-order chi connectivity index (χ1) is 9.24. The zero-order valence-corrected chi connectivity index (χ0v) is 13.0. The van der Waals surface area contributed by atoms with Crippen molar-refractivity contribution in [2.24, 2.45) is 5.92 Å². The van der Waals surface area contributed by atoms with E-state index in [0.29, 0.717) is 6.04 Å². The summed E-state index contributed by atoms with van der Waals surface area (Å²) >= 11 is 1.89. The Hall–Kier alpha value is -0.380. The van der Waals surface area contributed by atoms with Gasteiger partial charge in [-0.2, -0.15) is 0 Å². The van der Waals surface area contributed by atoms with Gasteiger partial charge in [0.1, 0.15) is 0 Å². The van der Waals surface area contributed by atoms with Crippen molar-refractivity contribution in [2.45, 2.75) is 57.2 Å². The topological polar surface area (TPSA) is 15.3 Å². The average Bonchev–Trinajstić information content (AvgIpc) is 3.04. The maximum absolute atomic E-state index is 3.70. The van der Waals surface area contributed by atoms with Crippen LogP contribution in [0.5, 0.6) is 0 Å². The molecular formula is C16H26N2S. The maximum Gasteiger partial charge on any atom is 0.0136 e. The molecule has 0 spiro atoms. The zero-order valence-electron chi connectivity index (χ0n) is 12.1. The first-order valence-electron chi connectivity index (χ1n) is 7.71. The van der Waals surface area contributed by atoms with E-state index in [1.54, 1.807) is 0 Å². The van der Waals surface area contributed by atoms with Crippen molar-refractivity contribution in [1.29, 1.82) is 0 Å². The molecule has 0 saturated heterocycles. The molecule has 1 heterocycles. The van der Waals surface area contributed by atoms with Crippen molar-refractivity contribution in [1.82, 2.24) is 10.2 Å². The van der Waals surface area contributed by atoms with E-state index in [1.165, 1.54) is 43.5 Å². The minimum atomic E-state index is 0.660. The summed E-state index contributed by atoms with van der Waals surface area (Å²) in [5.74, 6) is 0.886. The molecule has 3 rings (SSSR count). The summed E-state index contributed by atoms with van der Waals surface area (Å²) in [6, 6.07) is 6.75. The van der Waals surface area contributed by atoms with E-state index in [1.807, 2.05) is 11.3 Å². The molecular weight excluding hydrogens is 252 g/mol. The van der Waals surface area contributed by atoms with Crippen LogP contribution < -0.4 is 5.32 Å². The molecule has 1 N–H and O–H groups in total. The van der Waals surface area contributed by atoms with E-state index in [9.17, 15) is 0 Å². The fraction of sp³-hybridized carbons (Fsp3) is 0.750. The Balaban J connectivity index is 1.46. The molecule has 1 aromatic rings. The number of hydrogen-bond acceptors (Lipinski definition) is 3. The molecule has 2 nitrogen and oxygen atoms in total. The van der Waals surface area contributed by atoms with Crippen molar-refractivity contribution < 1.29 is 0 Å². The van der Waals surface area contributed by atoms with Gasteiger partial charge in [-0.15, -0.1) is 11.3 Å². The largest absolute Gasteiger partial charge is 0.314 e. The number of nitrogens with zero attached hydrogens (tertiary/aromatic N) is 1. The van der Waals surface area contributed by atoms with Crippen LogP contribution in [0.15, 0.2) is 17.5 Å². The average molecular weight is 278 g/mol. The van der Waals surface area contributed by atoms with Gasteiger partial charge in [0, 0.05) is 23.0 Å². The number of nitrogens with one attached hydrogen (secondary N) is 1. The molecule has 3 heteroatoms. The van der Waals surface area contributed by atoms with Crippen molar-refractivity contribution in [3.63, 3.8) is 0 Å². The minimum absolute atomic E-state index is 0.660. The van der Waals surface area contributed by atoms with E-state index < -0.39 is 0 Å². The van der Waals surface area contributed by atoms with Crippen molar-refractivity contribution in [3.8, 4) is 0 Å². The lowest BCUT2D eigenvalue weighted by Crippen LogP contribution is -2.52. The molecule has 2 aliphatic rings. The van der Waals surface area contributed by atoms with Crippen LogP contribution in [-0.2, 0) is 6.42 Å². The van der Waals surface area contributed by atoms with Crippen LogP contribution in [0.2, 0.25) is 0 Å². The van der Waals surface area contributed by atoms with Crippen LogP contribution in [0, 0.1) is 5.92 Å². The molecule has 3 atom stereocenters. The van der Waals surface area contributed by atoms with Gasteiger partial charge < -0.3 is 10.2 Å². The Bertz CT molecular complexity index is 385. The lowest BCUT2D eigenvalue weighted by molar-refractivity contribution is 0.0553. The highest BCUT2D eigenvalue weighted by Gasteiger charge is 2.36. The zero-order chi connectivity index (χ0) is 13.2. The van der Waals surface area contributed by atoms with E-state index in [2.05, 4.69) is 41.7 Å². The van der Waals surface area contributed by atoms with Crippen LogP contribution in [0.1, 0.15) is 37.5 Å². The lowest BCUT2D eigenvalue weighted by atomic mass is 9.78. The molecule has 1 aromatic heterocycles. The quantitative estimate of drug-likeness (QED) is 0.824. The molecule has 0 aromatic carbocycles. The summed E-state index contributed by atoms with van der Waals surface area (Å²) in [5, 5.41) is 5.89. The number of hydrogen-bond donors (Lipinski definition) is 1. The van der Waals surface area contributed by atoms with E-state index in [-0.39, 0.29) is 0 Å². The smallest absolute Gasteiger partial charge is 0.0136 e. The van der Waals surface area contributed by atoms with Crippen molar-refractivity contribution >= 4 is 11.3 Å². The van der Waals surface area contributed by atoms with Crippen LogP contribution in [0.25, 0.3) is 0 Å². The second-order valence-electron chi connectivity index (χ2n) is 6.39. The fourth-order valence-electron chi connectivity index (χ4n) is 3.12. The van der Waals surface area contributed by atoms with E-state index in [4.69, 9.17) is 0 Å². The van der Waals surface area contributed by atoms with Gasteiger partial charge in [0.05, 0.1) is 0 Å². The lowest BCUT2D eigenvalue weighted by Gasteiger charge is -2.45. The normalized spacial score (nSPS) is 28.4. The third kappa shape index (κ3) is 3.39. The first kappa shape index (κ1) is 13.6. The summed E-state index contributed by atoms with van der Waals surface area (Å²) < 4.78 is 0. The second kappa shape index (κ2) is 5.94. The third-order valence-electron chi connectivity index (χ3n) is 4.92. The molecule has 0 radical (unpaired) electrons. The van der Waals surface area contributed by atoms with Gasteiger partial charge in [0.25, 0.3) is 0 Å². The number of thiophene rings is 1. The van der Waals surface area contributed by atoms with Crippen LogP contribution in [-0.4, -0.2) is 36.6 Å². The number of likely N-dealkylation sites (N-methyl/N-ethyl adjacent to an activating group) is 1. The van der Waals surface area contributed by atoms with Crippen LogP contribution in [0.3, 0.4) is 0 Å². The van der Waals surface area contributed by atoms with E-state index >= 15 is 0 Å². The highest BCUT2D eigenvalue weighted by molar-refractivity contribution is 7.09. The molecule has 2 aliphatic carbocycles. The first-order valence-corrected chi connectivity index (χ1v) is 8.59. The maximum atomic E-state index is 3.70. The van der Waals surface area contributed by atoms with Crippen LogP contribution in [0.4, 0.5) is 0 Å². The minimum Gasteiger partial charge on any atom is -0.314 e. The highest BCUT2D eigenvalue weighted by atomic mass is 32.1. The molecule has 2 saturated carbocycles. The van der Waals surface area contributed by atoms with Gasteiger partial charge in [0.15, 0.2) is 0 Å². The Labute approximate surface area is 121 Å². The van der Waals surface area contributed by atoms with Crippen LogP contribution >= 0.6 is 11.3 Å². The second-order valence-corrected chi connectivity index (χ2v) is 7.42. The Morgan fingerprint density at radius 1 is 1.37 bits per heavy atom. The van der Waals surface area contributed by atoms with Gasteiger partial charge in [-0.1, -0.05) is 6.07 Å². The predicted octanol–water partition coefficient (Wildman–Crippen LogP) is 3.14. The highest BCUT2D eigenvalue weighted by Crippen LogP contribution is 2.33. The molecule has 0 bridgehead atoms. The van der Waals surface area contributed by atoms with Gasteiger partial charge in [0.2, 0.25) is 0 Å².